The lowest BCUT2D eigenvalue weighted by atomic mass is 9.95. The molecule has 2 bridgehead atoms. The second-order valence-corrected chi connectivity index (χ2v) is 5.98. The number of hydrogen-bond donors (Lipinski definition) is 2. The molecule has 4 nitrogen and oxygen atoms in total. The van der Waals surface area contributed by atoms with Gasteiger partial charge in [-0.25, -0.2) is 4.79 Å². The Morgan fingerprint density at radius 2 is 2.06 bits per heavy atom. The monoisotopic (exact) mass is 227 g/mol. The fourth-order valence-corrected chi connectivity index (χ4v) is 2.92. The van der Waals surface area contributed by atoms with Gasteiger partial charge in [0.1, 0.15) is 5.60 Å². The molecule has 2 N–H and O–H groups in total. The summed E-state index contributed by atoms with van der Waals surface area (Å²) in [4.78, 5) is 11.6. The van der Waals surface area contributed by atoms with E-state index in [2.05, 4.69) is 5.32 Å². The van der Waals surface area contributed by atoms with Crippen LogP contribution in [-0.2, 0) is 4.74 Å². The highest BCUT2D eigenvalue weighted by atomic mass is 16.6. The molecule has 92 valence electrons. The van der Waals surface area contributed by atoms with Crippen molar-refractivity contribution in [2.75, 3.05) is 0 Å². The van der Waals surface area contributed by atoms with Crippen LogP contribution in [0.5, 0.6) is 0 Å². The van der Waals surface area contributed by atoms with Crippen LogP contribution in [0.3, 0.4) is 0 Å². The van der Waals surface area contributed by atoms with E-state index in [-0.39, 0.29) is 24.2 Å². The van der Waals surface area contributed by atoms with Gasteiger partial charge in [0.15, 0.2) is 0 Å². The number of aliphatic hydroxyl groups excluding tert-OH is 1. The molecule has 0 aliphatic heterocycles. The number of fused-ring (bicyclic) bond motifs is 2. The van der Waals surface area contributed by atoms with Crippen LogP contribution >= 0.6 is 0 Å². The van der Waals surface area contributed by atoms with Crippen LogP contribution in [0.1, 0.15) is 40.0 Å². The molecule has 0 aromatic carbocycles. The van der Waals surface area contributed by atoms with Gasteiger partial charge in [0, 0.05) is 12.0 Å². The SMILES string of the molecule is CC(C)(C)OC(=O)N[C@@H]1C[C@H]2CC[C@H]1[C@@H]2O. The Hall–Kier alpha value is -0.770. The molecule has 2 saturated carbocycles. The average molecular weight is 227 g/mol. The van der Waals surface area contributed by atoms with Crippen molar-refractivity contribution < 1.29 is 14.6 Å². The zero-order chi connectivity index (χ0) is 11.9. The number of amides is 1. The maximum Gasteiger partial charge on any atom is 0.407 e. The molecule has 0 aromatic heterocycles. The Kier molecular flexibility index (Phi) is 2.86. The van der Waals surface area contributed by atoms with E-state index in [9.17, 15) is 9.90 Å². The van der Waals surface area contributed by atoms with Gasteiger partial charge in [-0.05, 0) is 46.0 Å². The molecule has 0 spiro atoms. The Morgan fingerprint density at radius 3 is 2.50 bits per heavy atom. The summed E-state index contributed by atoms with van der Waals surface area (Å²) in [6.07, 6.45) is 2.42. The number of nitrogens with one attached hydrogen (secondary N) is 1. The Labute approximate surface area is 96.4 Å². The Balaban J connectivity index is 1.85. The lowest BCUT2D eigenvalue weighted by Gasteiger charge is -2.25. The molecule has 2 fully saturated rings. The molecular weight excluding hydrogens is 206 g/mol. The lowest BCUT2D eigenvalue weighted by Crippen LogP contribution is -2.42. The maximum atomic E-state index is 11.6. The van der Waals surface area contributed by atoms with Crippen LogP contribution in [0.15, 0.2) is 0 Å². The predicted molar refractivity (Wildman–Crippen MR) is 60.0 cm³/mol. The Morgan fingerprint density at radius 1 is 1.38 bits per heavy atom. The normalized spacial score (nSPS) is 37.5. The summed E-state index contributed by atoms with van der Waals surface area (Å²) in [6.45, 7) is 5.55. The van der Waals surface area contributed by atoms with Gasteiger partial charge in [-0.2, -0.15) is 0 Å². The molecule has 2 rings (SSSR count). The fraction of sp³-hybridized carbons (Fsp3) is 0.917. The number of hydrogen-bond acceptors (Lipinski definition) is 3. The molecule has 1 amide bonds. The van der Waals surface area contributed by atoms with Crippen LogP contribution in [0.4, 0.5) is 4.79 Å². The number of aliphatic hydroxyl groups is 1. The highest BCUT2D eigenvalue weighted by molar-refractivity contribution is 5.68. The van der Waals surface area contributed by atoms with Crippen molar-refractivity contribution in [1.82, 2.24) is 5.32 Å². The molecule has 0 saturated heterocycles. The number of rotatable bonds is 1. The van der Waals surface area contributed by atoms with Gasteiger partial charge in [-0.3, -0.25) is 0 Å². The van der Waals surface area contributed by atoms with E-state index in [1.807, 2.05) is 20.8 Å². The van der Waals surface area contributed by atoms with E-state index in [1.54, 1.807) is 0 Å². The van der Waals surface area contributed by atoms with Crippen LogP contribution in [0.25, 0.3) is 0 Å². The summed E-state index contributed by atoms with van der Waals surface area (Å²) in [5.41, 5.74) is -0.458. The minimum atomic E-state index is -0.458. The van der Waals surface area contributed by atoms with Crippen molar-refractivity contribution >= 4 is 6.09 Å². The number of carbonyl (C=O) groups excluding carboxylic acids is 1. The third kappa shape index (κ3) is 2.32. The summed E-state index contributed by atoms with van der Waals surface area (Å²) >= 11 is 0. The van der Waals surface area contributed by atoms with Gasteiger partial charge in [-0.15, -0.1) is 0 Å². The first-order valence-corrected chi connectivity index (χ1v) is 6.04. The van der Waals surface area contributed by atoms with Crippen LogP contribution in [-0.4, -0.2) is 28.9 Å². The minimum Gasteiger partial charge on any atom is -0.444 e. The second kappa shape index (κ2) is 3.91. The molecule has 0 radical (unpaired) electrons. The summed E-state index contributed by atoms with van der Waals surface area (Å²) in [5.74, 6) is 0.613. The molecule has 2 aliphatic carbocycles. The third-order valence-corrected chi connectivity index (χ3v) is 3.57. The maximum absolute atomic E-state index is 11.6. The summed E-state index contributed by atoms with van der Waals surface area (Å²) < 4.78 is 5.21. The van der Waals surface area contributed by atoms with E-state index in [1.165, 1.54) is 0 Å². The van der Waals surface area contributed by atoms with E-state index < -0.39 is 5.60 Å². The van der Waals surface area contributed by atoms with Gasteiger partial charge >= 0.3 is 6.09 Å². The first-order chi connectivity index (χ1) is 7.37. The average Bonchev–Trinajstić information content (AvgIpc) is 2.57. The molecule has 4 heteroatoms. The van der Waals surface area contributed by atoms with Crippen LogP contribution in [0, 0.1) is 11.8 Å². The smallest absolute Gasteiger partial charge is 0.407 e. The molecule has 0 heterocycles. The van der Waals surface area contributed by atoms with Crippen LogP contribution < -0.4 is 5.32 Å². The Bertz CT molecular complexity index is 284. The van der Waals surface area contributed by atoms with Gasteiger partial charge in [0.2, 0.25) is 0 Å². The standard InChI is InChI=1S/C12H21NO3/c1-12(2,3)16-11(15)13-9-6-7-4-5-8(9)10(7)14/h7-10,14H,4-6H2,1-3H3,(H,13,15)/t7-,8-,9-,10-/m1/s1. The van der Waals surface area contributed by atoms with Crippen molar-refractivity contribution in [2.45, 2.75) is 57.8 Å². The number of alkyl carbamates (subject to hydrolysis) is 1. The zero-order valence-corrected chi connectivity index (χ0v) is 10.2. The van der Waals surface area contributed by atoms with Crippen molar-refractivity contribution in [1.29, 1.82) is 0 Å². The molecule has 0 aromatic rings. The van der Waals surface area contributed by atoms with Crippen molar-refractivity contribution in [2.24, 2.45) is 11.8 Å². The fourth-order valence-electron chi connectivity index (χ4n) is 2.92. The minimum absolute atomic E-state index is 0.101. The summed E-state index contributed by atoms with van der Waals surface area (Å²) in [5, 5.41) is 12.7. The number of carbonyl (C=O) groups is 1. The zero-order valence-electron chi connectivity index (χ0n) is 10.2. The van der Waals surface area contributed by atoms with E-state index >= 15 is 0 Å². The van der Waals surface area contributed by atoms with E-state index in [0.29, 0.717) is 5.92 Å². The van der Waals surface area contributed by atoms with E-state index in [4.69, 9.17) is 4.74 Å². The molecule has 16 heavy (non-hydrogen) atoms. The summed E-state index contributed by atoms with van der Waals surface area (Å²) in [6, 6.07) is 0.101. The largest absolute Gasteiger partial charge is 0.444 e. The molecule has 0 unspecified atom stereocenters. The summed E-state index contributed by atoms with van der Waals surface area (Å²) in [7, 11) is 0. The van der Waals surface area contributed by atoms with Gasteiger partial charge < -0.3 is 15.2 Å². The van der Waals surface area contributed by atoms with Crippen molar-refractivity contribution in [3.05, 3.63) is 0 Å². The molecule has 2 aliphatic rings. The second-order valence-electron chi connectivity index (χ2n) is 5.98. The first kappa shape index (κ1) is 11.7. The van der Waals surface area contributed by atoms with Crippen LogP contribution in [0.2, 0.25) is 0 Å². The molecule has 4 atom stereocenters. The quantitative estimate of drug-likeness (QED) is 0.716. The highest BCUT2D eigenvalue weighted by Crippen LogP contribution is 2.44. The topological polar surface area (TPSA) is 58.6 Å². The first-order valence-electron chi connectivity index (χ1n) is 6.04. The van der Waals surface area contributed by atoms with Crippen molar-refractivity contribution in [3.8, 4) is 0 Å². The lowest BCUT2D eigenvalue weighted by molar-refractivity contribution is 0.0477. The highest BCUT2D eigenvalue weighted by Gasteiger charge is 2.47. The predicted octanol–water partition coefficient (Wildman–Crippen LogP) is 1.67. The third-order valence-electron chi connectivity index (χ3n) is 3.57. The molecular formula is C12H21NO3. The van der Waals surface area contributed by atoms with E-state index in [0.717, 1.165) is 19.3 Å². The number of ether oxygens (including phenoxy) is 1. The van der Waals surface area contributed by atoms with Gasteiger partial charge in [0.05, 0.1) is 6.10 Å². The van der Waals surface area contributed by atoms with Gasteiger partial charge in [-0.1, -0.05) is 0 Å². The van der Waals surface area contributed by atoms with Gasteiger partial charge in [0.25, 0.3) is 0 Å². The van der Waals surface area contributed by atoms with Crippen molar-refractivity contribution in [3.63, 3.8) is 0 Å².